The quantitative estimate of drug-likeness (QED) is 0.706. The molecular formula is C20H22N4O5S. The molecular weight excluding hydrogens is 408 g/mol. The molecule has 1 saturated heterocycles. The zero-order chi connectivity index (χ0) is 20.7. The van der Waals surface area contributed by atoms with E-state index in [1.54, 1.807) is 0 Å². The first kappa shape index (κ1) is 19.1. The molecule has 2 aromatic rings. The highest BCUT2D eigenvalue weighted by Crippen LogP contribution is 2.38. The molecule has 30 heavy (non-hydrogen) atoms. The number of carbonyl (C=O) groups is 3. The molecule has 158 valence electrons. The number of rotatable bonds is 5. The lowest BCUT2D eigenvalue weighted by atomic mass is 9.98. The Hall–Kier alpha value is -2.88. The number of hydrogen-bond donors (Lipinski definition) is 2. The van der Waals surface area contributed by atoms with E-state index in [1.165, 1.54) is 16.2 Å². The molecule has 0 bridgehead atoms. The fourth-order valence-electron chi connectivity index (χ4n) is 4.29. The average molecular weight is 430 g/mol. The average Bonchev–Trinajstić information content (AvgIpc) is 3.40. The van der Waals surface area contributed by atoms with Gasteiger partial charge >= 0.3 is 6.03 Å². The van der Waals surface area contributed by atoms with Crippen molar-refractivity contribution in [3.63, 3.8) is 0 Å². The smallest absolute Gasteiger partial charge is 0.325 e. The minimum absolute atomic E-state index is 0.148. The van der Waals surface area contributed by atoms with E-state index in [1.807, 2.05) is 12.1 Å². The van der Waals surface area contributed by atoms with Crippen LogP contribution in [0.5, 0.6) is 11.5 Å². The van der Waals surface area contributed by atoms with Gasteiger partial charge in [-0.25, -0.2) is 9.78 Å². The zero-order valence-corrected chi connectivity index (χ0v) is 17.2. The van der Waals surface area contributed by atoms with Crippen molar-refractivity contribution in [2.75, 3.05) is 25.1 Å². The summed E-state index contributed by atoms with van der Waals surface area (Å²) < 4.78 is 12.0. The van der Waals surface area contributed by atoms with Crippen molar-refractivity contribution in [3.05, 3.63) is 12.1 Å². The van der Waals surface area contributed by atoms with Crippen LogP contribution in [-0.4, -0.2) is 53.0 Å². The van der Waals surface area contributed by atoms with Gasteiger partial charge in [-0.15, -0.1) is 0 Å². The van der Waals surface area contributed by atoms with Crippen LogP contribution in [0.3, 0.4) is 0 Å². The maximum Gasteiger partial charge on any atom is 0.325 e. The van der Waals surface area contributed by atoms with Crippen LogP contribution in [0.2, 0.25) is 0 Å². The van der Waals surface area contributed by atoms with Gasteiger partial charge in [0, 0.05) is 25.1 Å². The Labute approximate surface area is 176 Å². The third-order valence-corrected chi connectivity index (χ3v) is 6.72. The van der Waals surface area contributed by atoms with Crippen molar-refractivity contribution in [1.29, 1.82) is 0 Å². The lowest BCUT2D eigenvalue weighted by Crippen LogP contribution is -2.44. The lowest BCUT2D eigenvalue weighted by molar-refractivity contribution is -0.131. The van der Waals surface area contributed by atoms with E-state index in [-0.39, 0.29) is 30.8 Å². The number of ether oxygens (including phenoxy) is 2. The lowest BCUT2D eigenvalue weighted by Gasteiger charge is -2.19. The number of nitrogens with one attached hydrogen (secondary N) is 2. The SMILES string of the molecule is O=C(CCCN1C(=O)NC2(CCCC2)C1=O)Nc1nc2cc3c(cc2s1)OCCO3. The Morgan fingerprint density at radius 1 is 1.20 bits per heavy atom. The molecule has 2 N–H and O–H groups in total. The molecule has 4 amide bonds. The molecule has 3 heterocycles. The van der Waals surface area contributed by atoms with Crippen molar-refractivity contribution >= 4 is 44.5 Å². The van der Waals surface area contributed by atoms with Crippen LogP contribution in [0.4, 0.5) is 9.93 Å². The summed E-state index contributed by atoms with van der Waals surface area (Å²) in [6.07, 6.45) is 3.90. The van der Waals surface area contributed by atoms with Gasteiger partial charge in [0.2, 0.25) is 5.91 Å². The number of urea groups is 1. The second-order valence-electron chi connectivity index (χ2n) is 7.81. The number of imide groups is 1. The fraction of sp³-hybridized carbons (Fsp3) is 0.500. The third-order valence-electron chi connectivity index (χ3n) is 5.79. The standard InChI is InChI=1S/C20H22N4O5S/c25-16(4-3-7-24-17(26)20(23-19(24)27)5-1-2-6-20)22-18-21-12-10-13-14(11-15(12)30-18)29-9-8-28-13/h10-11H,1-9H2,(H,23,27)(H,21,22,25). The van der Waals surface area contributed by atoms with Crippen LogP contribution in [0.1, 0.15) is 38.5 Å². The van der Waals surface area contributed by atoms with Gasteiger partial charge in [0.05, 0.1) is 10.2 Å². The van der Waals surface area contributed by atoms with E-state index in [4.69, 9.17) is 9.47 Å². The normalized spacial score (nSPS) is 19.5. The summed E-state index contributed by atoms with van der Waals surface area (Å²) in [7, 11) is 0. The van der Waals surface area contributed by atoms with Crippen molar-refractivity contribution in [1.82, 2.24) is 15.2 Å². The molecule has 9 nitrogen and oxygen atoms in total. The topological polar surface area (TPSA) is 110 Å². The van der Waals surface area contributed by atoms with Crippen LogP contribution < -0.4 is 20.1 Å². The van der Waals surface area contributed by atoms with E-state index in [2.05, 4.69) is 15.6 Å². The minimum atomic E-state index is -0.701. The molecule has 2 fully saturated rings. The van der Waals surface area contributed by atoms with Crippen LogP contribution in [-0.2, 0) is 9.59 Å². The first-order valence-electron chi connectivity index (χ1n) is 10.2. The molecule has 3 aliphatic rings. The predicted molar refractivity (Wildman–Crippen MR) is 110 cm³/mol. The third kappa shape index (κ3) is 3.34. The highest BCUT2D eigenvalue weighted by molar-refractivity contribution is 7.22. The number of hydrogen-bond acceptors (Lipinski definition) is 7. The molecule has 5 rings (SSSR count). The second-order valence-corrected chi connectivity index (χ2v) is 8.84. The molecule has 1 aliphatic carbocycles. The van der Waals surface area contributed by atoms with E-state index >= 15 is 0 Å². The Balaban J connectivity index is 1.17. The summed E-state index contributed by atoms with van der Waals surface area (Å²) in [4.78, 5) is 42.8. The van der Waals surface area contributed by atoms with Gasteiger partial charge in [0.1, 0.15) is 18.8 Å². The molecule has 0 unspecified atom stereocenters. The number of nitrogens with zero attached hydrogens (tertiary/aromatic N) is 2. The summed E-state index contributed by atoms with van der Waals surface area (Å²) in [5, 5.41) is 6.15. The summed E-state index contributed by atoms with van der Waals surface area (Å²) in [6.45, 7) is 1.26. The number of carbonyl (C=O) groups excluding carboxylic acids is 3. The molecule has 2 aliphatic heterocycles. The van der Waals surface area contributed by atoms with Gasteiger partial charge in [-0.2, -0.15) is 0 Å². The summed E-state index contributed by atoms with van der Waals surface area (Å²) in [6, 6.07) is 3.34. The molecule has 1 aromatic heterocycles. The maximum atomic E-state index is 12.6. The van der Waals surface area contributed by atoms with Gasteiger partial charge < -0.3 is 20.1 Å². The Kier molecular flexibility index (Phi) is 4.73. The number of anilines is 1. The van der Waals surface area contributed by atoms with Crippen molar-refractivity contribution in [2.45, 2.75) is 44.1 Å². The summed E-state index contributed by atoms with van der Waals surface area (Å²) >= 11 is 1.36. The van der Waals surface area contributed by atoms with Crippen molar-refractivity contribution in [3.8, 4) is 11.5 Å². The second kappa shape index (κ2) is 7.42. The first-order valence-corrected chi connectivity index (χ1v) is 11.0. The number of benzene rings is 1. The molecule has 0 atom stereocenters. The highest BCUT2D eigenvalue weighted by Gasteiger charge is 2.52. The van der Waals surface area contributed by atoms with E-state index in [0.29, 0.717) is 49.1 Å². The summed E-state index contributed by atoms with van der Waals surface area (Å²) in [5.74, 6) is 0.994. The van der Waals surface area contributed by atoms with Gasteiger partial charge in [-0.3, -0.25) is 14.5 Å². The van der Waals surface area contributed by atoms with Gasteiger partial charge in [0.15, 0.2) is 16.6 Å². The largest absolute Gasteiger partial charge is 0.486 e. The van der Waals surface area contributed by atoms with Crippen molar-refractivity contribution in [2.24, 2.45) is 0 Å². The van der Waals surface area contributed by atoms with E-state index in [0.717, 1.165) is 23.1 Å². The van der Waals surface area contributed by atoms with E-state index in [9.17, 15) is 14.4 Å². The minimum Gasteiger partial charge on any atom is -0.486 e. The molecule has 1 spiro atoms. The van der Waals surface area contributed by atoms with Crippen molar-refractivity contribution < 1.29 is 23.9 Å². The maximum absolute atomic E-state index is 12.6. The predicted octanol–water partition coefficient (Wildman–Crippen LogP) is 2.65. The molecule has 1 saturated carbocycles. The van der Waals surface area contributed by atoms with Crippen LogP contribution in [0, 0.1) is 0 Å². The monoisotopic (exact) mass is 430 g/mol. The Morgan fingerprint density at radius 3 is 2.70 bits per heavy atom. The first-order chi connectivity index (χ1) is 14.5. The van der Waals surface area contributed by atoms with Gasteiger partial charge in [-0.05, 0) is 19.3 Å². The Bertz CT molecular complexity index is 987. The van der Waals surface area contributed by atoms with Gasteiger partial charge in [-0.1, -0.05) is 24.2 Å². The number of aromatic nitrogens is 1. The molecule has 10 heteroatoms. The van der Waals surface area contributed by atoms with Crippen LogP contribution in [0.15, 0.2) is 12.1 Å². The highest BCUT2D eigenvalue weighted by atomic mass is 32.1. The number of thiazole rings is 1. The van der Waals surface area contributed by atoms with Gasteiger partial charge in [0.25, 0.3) is 5.91 Å². The number of fused-ring (bicyclic) bond motifs is 2. The number of amides is 4. The zero-order valence-electron chi connectivity index (χ0n) is 16.4. The fourth-order valence-corrected chi connectivity index (χ4v) is 5.19. The Morgan fingerprint density at radius 2 is 1.93 bits per heavy atom. The van der Waals surface area contributed by atoms with E-state index < -0.39 is 5.54 Å². The van der Waals surface area contributed by atoms with Crippen LogP contribution >= 0.6 is 11.3 Å². The molecule has 1 aromatic carbocycles. The molecule has 0 radical (unpaired) electrons. The summed E-state index contributed by atoms with van der Waals surface area (Å²) in [5.41, 5.74) is 0.0353. The van der Waals surface area contributed by atoms with Crippen LogP contribution in [0.25, 0.3) is 10.2 Å².